The van der Waals surface area contributed by atoms with Crippen LogP contribution in [0.25, 0.3) is 0 Å². The molecule has 0 amide bonds. The average Bonchev–Trinajstić information content (AvgIpc) is 3.05. The number of nitrogens with one attached hydrogen (secondary N) is 1. The maximum atomic E-state index is 11.6. The predicted octanol–water partition coefficient (Wildman–Crippen LogP) is 3.00. The van der Waals surface area contributed by atoms with Crippen LogP contribution in [-0.2, 0) is 4.79 Å². The Bertz CT molecular complexity index is 407. The Balaban J connectivity index is 1.80. The summed E-state index contributed by atoms with van der Waals surface area (Å²) in [6, 6.07) is 0.419. The van der Waals surface area contributed by atoms with Crippen molar-refractivity contribution in [3.05, 3.63) is 11.6 Å². The minimum atomic E-state index is -0.732. The molecule has 2 N–H and O–H groups in total. The monoisotopic (exact) mass is 300 g/mol. The molecule has 0 aromatic carbocycles. The summed E-state index contributed by atoms with van der Waals surface area (Å²) in [4.78, 5) is 15.8. The molecule has 1 unspecified atom stereocenters. The molecule has 106 valence electrons. The molecular weight excluding hydrogens is 280 g/mol. The number of hydrogen-bond acceptors (Lipinski definition) is 5. The van der Waals surface area contributed by atoms with Crippen LogP contribution in [0.3, 0.4) is 0 Å². The van der Waals surface area contributed by atoms with Gasteiger partial charge in [0.2, 0.25) is 0 Å². The Hall–Kier alpha value is -0.590. The molecule has 1 aromatic heterocycles. The lowest BCUT2D eigenvalue weighted by Gasteiger charge is -2.29. The van der Waals surface area contributed by atoms with Gasteiger partial charge in [0.05, 0.1) is 0 Å². The zero-order valence-corrected chi connectivity index (χ0v) is 12.7. The molecule has 1 fully saturated rings. The molecular formula is C13H20N2O2S2. The zero-order valence-electron chi connectivity index (χ0n) is 11.1. The van der Waals surface area contributed by atoms with Gasteiger partial charge < -0.3 is 5.11 Å². The maximum Gasteiger partial charge on any atom is 0.323 e. The van der Waals surface area contributed by atoms with Crippen LogP contribution in [-0.4, -0.2) is 33.4 Å². The summed E-state index contributed by atoms with van der Waals surface area (Å²) < 4.78 is 1.06. The molecule has 4 nitrogen and oxygen atoms in total. The third-order valence-corrected chi connectivity index (χ3v) is 5.51. The van der Waals surface area contributed by atoms with Gasteiger partial charge in [-0.1, -0.05) is 18.7 Å². The van der Waals surface area contributed by atoms with Crippen LogP contribution in [0.4, 0.5) is 0 Å². The second kappa shape index (κ2) is 6.72. The summed E-state index contributed by atoms with van der Waals surface area (Å²) in [7, 11) is 0. The first kappa shape index (κ1) is 14.8. The van der Waals surface area contributed by atoms with Crippen LogP contribution < -0.4 is 5.32 Å². The topological polar surface area (TPSA) is 62.2 Å². The second-order valence-electron chi connectivity index (χ2n) is 4.91. The summed E-state index contributed by atoms with van der Waals surface area (Å²) in [5.74, 6) is 0.218. The van der Waals surface area contributed by atoms with Gasteiger partial charge in [-0.25, -0.2) is 4.98 Å². The SMILES string of the molecule is CCC(CCCSc1nccs1)(NC1CC1)C(=O)O. The van der Waals surface area contributed by atoms with Crippen molar-refractivity contribution in [2.24, 2.45) is 0 Å². The van der Waals surface area contributed by atoms with Crippen LogP contribution in [0.5, 0.6) is 0 Å². The minimum Gasteiger partial charge on any atom is -0.480 e. The van der Waals surface area contributed by atoms with Gasteiger partial charge in [-0.15, -0.1) is 11.3 Å². The summed E-state index contributed by atoms with van der Waals surface area (Å²) in [6.45, 7) is 1.96. The fourth-order valence-corrected chi connectivity index (χ4v) is 3.75. The Morgan fingerprint density at radius 1 is 1.68 bits per heavy atom. The van der Waals surface area contributed by atoms with Crippen molar-refractivity contribution in [1.29, 1.82) is 0 Å². The molecule has 0 radical (unpaired) electrons. The van der Waals surface area contributed by atoms with E-state index in [1.807, 2.05) is 12.3 Å². The van der Waals surface area contributed by atoms with Crippen LogP contribution in [0.1, 0.15) is 39.0 Å². The Kier molecular flexibility index (Phi) is 5.24. The van der Waals surface area contributed by atoms with Gasteiger partial charge in [-0.05, 0) is 32.1 Å². The van der Waals surface area contributed by atoms with Gasteiger partial charge in [0.1, 0.15) is 9.88 Å². The van der Waals surface area contributed by atoms with E-state index >= 15 is 0 Å². The molecule has 1 heterocycles. The smallest absolute Gasteiger partial charge is 0.323 e. The first-order chi connectivity index (χ1) is 9.16. The summed E-state index contributed by atoms with van der Waals surface area (Å²) in [5.41, 5.74) is -0.732. The summed E-state index contributed by atoms with van der Waals surface area (Å²) in [5, 5.41) is 14.8. The number of aliphatic carboxylic acids is 1. The Morgan fingerprint density at radius 2 is 2.47 bits per heavy atom. The lowest BCUT2D eigenvalue weighted by molar-refractivity contribution is -0.145. The normalized spacial score (nSPS) is 18.2. The standard InChI is InChI=1S/C13H20N2O2S2/c1-2-13(11(16)17,15-10-4-5-10)6-3-8-18-12-14-7-9-19-12/h7,9-10,15H,2-6,8H2,1H3,(H,16,17). The number of hydrogen-bond donors (Lipinski definition) is 2. The third-order valence-electron chi connectivity index (χ3n) is 3.45. The molecule has 2 rings (SSSR count). The lowest BCUT2D eigenvalue weighted by atomic mass is 9.90. The van der Waals surface area contributed by atoms with Gasteiger partial charge in [-0.3, -0.25) is 10.1 Å². The molecule has 0 saturated heterocycles. The molecule has 19 heavy (non-hydrogen) atoms. The lowest BCUT2D eigenvalue weighted by Crippen LogP contribution is -2.52. The maximum absolute atomic E-state index is 11.6. The van der Waals surface area contributed by atoms with Crippen molar-refractivity contribution in [2.45, 2.75) is 54.9 Å². The summed E-state index contributed by atoms with van der Waals surface area (Å²) in [6.07, 6.45) is 6.25. The van der Waals surface area contributed by atoms with Crippen molar-refractivity contribution < 1.29 is 9.90 Å². The van der Waals surface area contributed by atoms with Gasteiger partial charge in [0, 0.05) is 23.4 Å². The van der Waals surface area contributed by atoms with Crippen LogP contribution in [0.2, 0.25) is 0 Å². The van der Waals surface area contributed by atoms with E-state index in [9.17, 15) is 9.90 Å². The second-order valence-corrected chi connectivity index (χ2v) is 7.15. The number of carboxylic acids is 1. The van der Waals surface area contributed by atoms with Crippen molar-refractivity contribution in [3.8, 4) is 0 Å². The quantitative estimate of drug-likeness (QED) is 0.542. The van der Waals surface area contributed by atoms with Gasteiger partial charge in [0.25, 0.3) is 0 Å². The third kappa shape index (κ3) is 4.19. The van der Waals surface area contributed by atoms with E-state index in [1.165, 1.54) is 0 Å². The molecule has 0 bridgehead atoms. The first-order valence-corrected chi connectivity index (χ1v) is 8.56. The molecule has 0 spiro atoms. The fourth-order valence-electron chi connectivity index (χ4n) is 2.10. The van der Waals surface area contributed by atoms with E-state index in [1.54, 1.807) is 29.3 Å². The van der Waals surface area contributed by atoms with Crippen molar-refractivity contribution in [2.75, 3.05) is 5.75 Å². The van der Waals surface area contributed by atoms with Crippen LogP contribution in [0, 0.1) is 0 Å². The predicted molar refractivity (Wildman–Crippen MR) is 78.9 cm³/mol. The minimum absolute atomic E-state index is 0.419. The average molecular weight is 300 g/mol. The molecule has 6 heteroatoms. The highest BCUT2D eigenvalue weighted by Crippen LogP contribution is 2.29. The highest BCUT2D eigenvalue weighted by molar-refractivity contribution is 8.00. The first-order valence-electron chi connectivity index (χ1n) is 6.69. The number of thioether (sulfide) groups is 1. The molecule has 1 saturated carbocycles. The molecule has 1 aliphatic rings. The Morgan fingerprint density at radius 3 is 3.00 bits per heavy atom. The fraction of sp³-hybridized carbons (Fsp3) is 0.692. The van der Waals surface area contributed by atoms with E-state index in [-0.39, 0.29) is 0 Å². The van der Waals surface area contributed by atoms with Gasteiger partial charge in [0.15, 0.2) is 0 Å². The van der Waals surface area contributed by atoms with E-state index in [4.69, 9.17) is 0 Å². The number of rotatable bonds is 9. The number of carboxylic acid groups (broad SMARTS) is 1. The summed E-state index contributed by atoms with van der Waals surface area (Å²) >= 11 is 3.34. The number of carbonyl (C=O) groups is 1. The highest BCUT2D eigenvalue weighted by atomic mass is 32.2. The molecule has 0 aliphatic heterocycles. The number of nitrogens with zero attached hydrogens (tertiary/aromatic N) is 1. The van der Waals surface area contributed by atoms with Gasteiger partial charge >= 0.3 is 5.97 Å². The Labute approximate surface area is 122 Å². The number of thiazole rings is 1. The van der Waals surface area contributed by atoms with Crippen molar-refractivity contribution >= 4 is 29.1 Å². The van der Waals surface area contributed by atoms with Crippen LogP contribution in [0.15, 0.2) is 15.9 Å². The molecule has 1 aromatic rings. The number of aromatic nitrogens is 1. The van der Waals surface area contributed by atoms with Crippen molar-refractivity contribution in [3.63, 3.8) is 0 Å². The molecule has 1 aliphatic carbocycles. The van der Waals surface area contributed by atoms with Gasteiger partial charge in [-0.2, -0.15) is 0 Å². The van der Waals surface area contributed by atoms with E-state index in [2.05, 4.69) is 10.3 Å². The van der Waals surface area contributed by atoms with E-state index < -0.39 is 11.5 Å². The van der Waals surface area contributed by atoms with E-state index in [0.29, 0.717) is 18.9 Å². The van der Waals surface area contributed by atoms with Crippen LogP contribution >= 0.6 is 23.1 Å². The van der Waals surface area contributed by atoms with Crippen molar-refractivity contribution in [1.82, 2.24) is 10.3 Å². The van der Waals surface area contributed by atoms with E-state index in [0.717, 1.165) is 29.4 Å². The molecule has 1 atom stereocenters. The highest BCUT2D eigenvalue weighted by Gasteiger charge is 2.40. The zero-order chi connectivity index (χ0) is 13.7. The largest absolute Gasteiger partial charge is 0.480 e.